The molecule has 0 aromatic carbocycles. The summed E-state index contributed by atoms with van der Waals surface area (Å²) in [4.78, 5) is 19.4. The zero-order valence-corrected chi connectivity index (χ0v) is 16.2. The summed E-state index contributed by atoms with van der Waals surface area (Å²) in [6, 6.07) is 3.01. The summed E-state index contributed by atoms with van der Waals surface area (Å²) in [7, 11) is 1.61. The maximum Gasteiger partial charge on any atom is 0.419 e. The number of hydrogen-bond donors (Lipinski definition) is 1. The molecule has 2 rings (SSSR count). The average Bonchev–Trinajstić information content (AvgIpc) is 2.61. The van der Waals surface area contributed by atoms with Gasteiger partial charge in [-0.3, -0.25) is 4.79 Å². The number of aromatic nitrogens is 1. The Morgan fingerprint density at radius 2 is 2.00 bits per heavy atom. The molecule has 0 radical (unpaired) electrons. The van der Waals surface area contributed by atoms with Crippen LogP contribution < -0.4 is 14.8 Å². The third kappa shape index (κ3) is 5.02. The fraction of sp³-hybridized carbons (Fsp3) is 0.588. The number of carbonyl (C=O) groups excluding carboxylic acids is 1. The molecule has 1 aliphatic rings. The van der Waals surface area contributed by atoms with E-state index in [1.165, 1.54) is 4.90 Å². The molecule has 1 aromatic rings. The summed E-state index contributed by atoms with van der Waals surface area (Å²) >= 11 is 6.03. The summed E-state index contributed by atoms with van der Waals surface area (Å²) in [5.74, 6) is 0.321. The number of nitrogens with zero attached hydrogens (tertiary/aromatic N) is 3. The highest BCUT2D eigenvalue weighted by molar-refractivity contribution is 6.32. The normalized spacial score (nSPS) is 16.1. The van der Waals surface area contributed by atoms with Gasteiger partial charge in [0.2, 0.25) is 0 Å². The molecule has 2 N–H and O–H groups in total. The Kier molecular flexibility index (Phi) is 6.22. The van der Waals surface area contributed by atoms with Gasteiger partial charge in [0.1, 0.15) is 42.9 Å². The summed E-state index contributed by atoms with van der Waals surface area (Å²) < 4.78 is 38.2. The van der Waals surface area contributed by atoms with Gasteiger partial charge in [-0.15, -0.1) is 0 Å². The standard InChI is InChI=1S/C17H21ClF3N5O/c1-16(2,11-22)24(3)14(27)10-25-4-6-26(7-5-25)15-13(18)8-12(9-23-15)17(19,20)21/h8-9H,4-7,10H2,1-3H3/p+2. The number of likely N-dealkylation sites (N-methyl/N-ethyl adjacent to an activating group) is 1. The fourth-order valence-corrected chi connectivity index (χ4v) is 3.10. The van der Waals surface area contributed by atoms with Gasteiger partial charge in [-0.05, 0) is 19.9 Å². The van der Waals surface area contributed by atoms with E-state index in [4.69, 9.17) is 16.9 Å². The first-order chi connectivity index (χ1) is 12.5. The van der Waals surface area contributed by atoms with E-state index in [9.17, 15) is 18.0 Å². The van der Waals surface area contributed by atoms with Crippen LogP contribution in [-0.4, -0.2) is 56.1 Å². The molecule has 0 aliphatic carbocycles. The van der Waals surface area contributed by atoms with Crippen LogP contribution >= 0.6 is 11.6 Å². The molecule has 27 heavy (non-hydrogen) atoms. The number of alkyl halides is 3. The van der Waals surface area contributed by atoms with Gasteiger partial charge in [-0.1, -0.05) is 11.6 Å². The maximum absolute atomic E-state index is 12.7. The van der Waals surface area contributed by atoms with Gasteiger partial charge in [-0.25, -0.2) is 9.88 Å². The zero-order valence-electron chi connectivity index (χ0n) is 15.5. The molecule has 6 nitrogen and oxygen atoms in total. The number of aromatic amines is 1. The highest BCUT2D eigenvalue weighted by atomic mass is 35.5. The van der Waals surface area contributed by atoms with Gasteiger partial charge in [0, 0.05) is 7.05 Å². The van der Waals surface area contributed by atoms with Gasteiger partial charge in [0.25, 0.3) is 11.7 Å². The predicted molar refractivity (Wildman–Crippen MR) is 93.2 cm³/mol. The number of amides is 1. The molecule has 1 saturated heterocycles. The van der Waals surface area contributed by atoms with E-state index in [2.05, 4.69) is 11.1 Å². The summed E-state index contributed by atoms with van der Waals surface area (Å²) in [5, 5.41) is 9.15. The second-order valence-electron chi connectivity index (χ2n) is 7.12. The number of nitrogens with one attached hydrogen (secondary N) is 2. The van der Waals surface area contributed by atoms with Crippen molar-refractivity contribution in [1.82, 2.24) is 4.90 Å². The van der Waals surface area contributed by atoms with E-state index in [1.54, 1.807) is 20.9 Å². The lowest BCUT2D eigenvalue weighted by atomic mass is 10.1. The Balaban J connectivity index is 1.96. The monoisotopic (exact) mass is 405 g/mol. The van der Waals surface area contributed by atoms with Crippen molar-refractivity contribution in [2.24, 2.45) is 0 Å². The Hall–Kier alpha value is -2.05. The number of quaternary nitrogens is 1. The quantitative estimate of drug-likeness (QED) is 0.799. The van der Waals surface area contributed by atoms with Crippen molar-refractivity contribution < 1.29 is 27.8 Å². The molecule has 10 heteroatoms. The van der Waals surface area contributed by atoms with Crippen LogP contribution in [-0.2, 0) is 11.0 Å². The number of H-pyrrole nitrogens is 1. The second kappa shape index (κ2) is 7.90. The van der Waals surface area contributed by atoms with Crippen molar-refractivity contribution in [1.29, 1.82) is 5.26 Å². The van der Waals surface area contributed by atoms with Crippen LogP contribution in [0.3, 0.4) is 0 Å². The van der Waals surface area contributed by atoms with Crippen LogP contribution in [0.15, 0.2) is 12.3 Å². The summed E-state index contributed by atoms with van der Waals surface area (Å²) in [6.45, 7) is 6.00. The average molecular weight is 406 g/mol. The molecule has 1 amide bonds. The number of hydrogen-bond acceptors (Lipinski definition) is 3. The molecule has 1 fully saturated rings. The minimum Gasteiger partial charge on any atom is -0.323 e. The van der Waals surface area contributed by atoms with E-state index >= 15 is 0 Å². The molecular weight excluding hydrogens is 383 g/mol. The van der Waals surface area contributed by atoms with E-state index in [0.717, 1.165) is 17.2 Å². The number of pyridine rings is 1. The fourth-order valence-electron chi connectivity index (χ4n) is 2.81. The van der Waals surface area contributed by atoms with Crippen molar-refractivity contribution in [2.75, 3.05) is 44.7 Å². The first-order valence-electron chi connectivity index (χ1n) is 8.50. The molecule has 1 aliphatic heterocycles. The largest absolute Gasteiger partial charge is 0.419 e. The molecular formula is C17H23ClF3N5O+2. The first kappa shape index (κ1) is 21.3. The van der Waals surface area contributed by atoms with Gasteiger partial charge < -0.3 is 9.80 Å². The molecule has 0 bridgehead atoms. The number of piperazine rings is 1. The Labute approximate surface area is 161 Å². The second-order valence-corrected chi connectivity index (χ2v) is 7.53. The van der Waals surface area contributed by atoms with Crippen LogP contribution in [0, 0.1) is 11.3 Å². The van der Waals surface area contributed by atoms with E-state index in [1.807, 2.05) is 4.90 Å². The maximum atomic E-state index is 12.7. The number of rotatable bonds is 4. The third-order valence-corrected chi connectivity index (χ3v) is 5.16. The van der Waals surface area contributed by atoms with E-state index in [0.29, 0.717) is 32.0 Å². The van der Waals surface area contributed by atoms with Crippen molar-refractivity contribution in [3.8, 4) is 6.07 Å². The summed E-state index contributed by atoms with van der Waals surface area (Å²) in [5.41, 5.74) is -1.70. The van der Waals surface area contributed by atoms with Gasteiger partial charge in [-0.2, -0.15) is 18.4 Å². The number of halogens is 4. The molecule has 0 saturated carbocycles. The number of carbonyl (C=O) groups is 1. The number of anilines is 1. The molecule has 0 atom stereocenters. The van der Waals surface area contributed by atoms with E-state index in [-0.39, 0.29) is 17.5 Å². The first-order valence-corrected chi connectivity index (χ1v) is 8.88. The highest BCUT2D eigenvalue weighted by Crippen LogP contribution is 2.31. The molecule has 0 unspecified atom stereocenters. The molecule has 0 spiro atoms. The topological polar surface area (TPSA) is 65.9 Å². The Morgan fingerprint density at radius 3 is 2.48 bits per heavy atom. The van der Waals surface area contributed by atoms with Crippen LogP contribution in [0.25, 0.3) is 0 Å². The molecule has 148 valence electrons. The zero-order chi connectivity index (χ0) is 20.4. The third-order valence-electron chi connectivity index (χ3n) is 4.87. The lowest BCUT2D eigenvalue weighted by Gasteiger charge is -2.32. The number of nitriles is 1. The van der Waals surface area contributed by atoms with Crippen molar-refractivity contribution in [3.63, 3.8) is 0 Å². The lowest BCUT2D eigenvalue weighted by Crippen LogP contribution is -3.16. The minimum absolute atomic E-state index is 0.0138. The van der Waals surface area contributed by atoms with Crippen molar-refractivity contribution in [3.05, 3.63) is 22.8 Å². The van der Waals surface area contributed by atoms with Crippen molar-refractivity contribution >= 4 is 23.3 Å². The SMILES string of the molecule is CN(C(=O)C[NH+]1CCN(c2[nH+]cc(C(F)(F)F)cc2Cl)CC1)C(C)(C)C#N. The van der Waals surface area contributed by atoms with Crippen LogP contribution in [0.2, 0.25) is 5.02 Å². The van der Waals surface area contributed by atoms with Crippen LogP contribution in [0.4, 0.5) is 19.0 Å². The van der Waals surface area contributed by atoms with Gasteiger partial charge in [0.05, 0.1) is 11.6 Å². The smallest absolute Gasteiger partial charge is 0.323 e. The summed E-state index contributed by atoms with van der Waals surface area (Å²) in [6.07, 6.45) is -3.55. The van der Waals surface area contributed by atoms with Gasteiger partial charge in [0.15, 0.2) is 6.54 Å². The van der Waals surface area contributed by atoms with Crippen molar-refractivity contribution in [2.45, 2.75) is 25.6 Å². The van der Waals surface area contributed by atoms with E-state index < -0.39 is 17.3 Å². The molecule has 2 heterocycles. The van der Waals surface area contributed by atoms with Crippen LogP contribution in [0.5, 0.6) is 0 Å². The molecule has 1 aromatic heterocycles. The van der Waals surface area contributed by atoms with Gasteiger partial charge >= 0.3 is 6.18 Å². The predicted octanol–water partition coefficient (Wildman–Crippen LogP) is 0.638. The van der Waals surface area contributed by atoms with Crippen LogP contribution in [0.1, 0.15) is 19.4 Å². The Bertz CT molecular complexity index is 739. The Morgan fingerprint density at radius 1 is 1.41 bits per heavy atom. The lowest BCUT2D eigenvalue weighted by molar-refractivity contribution is -0.892. The minimum atomic E-state index is -4.45. The highest BCUT2D eigenvalue weighted by Gasteiger charge is 2.36.